The van der Waals surface area contributed by atoms with Crippen LogP contribution in [0.2, 0.25) is 4.34 Å². The SMILES string of the molecule is CCN(Cc1ccc(Cl)s1)C(=O)NC(C)COC. The predicted octanol–water partition coefficient (Wildman–Crippen LogP) is 2.97. The Labute approximate surface area is 117 Å². The predicted molar refractivity (Wildman–Crippen MR) is 75.3 cm³/mol. The van der Waals surface area contributed by atoms with Crippen molar-refractivity contribution in [2.45, 2.75) is 26.4 Å². The van der Waals surface area contributed by atoms with Gasteiger partial charge in [0.1, 0.15) is 0 Å². The summed E-state index contributed by atoms with van der Waals surface area (Å²) in [4.78, 5) is 14.8. The van der Waals surface area contributed by atoms with Crippen molar-refractivity contribution < 1.29 is 9.53 Å². The van der Waals surface area contributed by atoms with Crippen LogP contribution in [0, 0.1) is 0 Å². The van der Waals surface area contributed by atoms with Gasteiger partial charge in [0.25, 0.3) is 0 Å². The number of rotatable bonds is 6. The fraction of sp³-hybridized carbons (Fsp3) is 0.583. The van der Waals surface area contributed by atoms with E-state index in [1.807, 2.05) is 26.0 Å². The normalized spacial score (nSPS) is 12.2. The van der Waals surface area contributed by atoms with Gasteiger partial charge < -0.3 is 15.0 Å². The Morgan fingerprint density at radius 2 is 2.33 bits per heavy atom. The van der Waals surface area contributed by atoms with Crippen LogP contribution in [0.1, 0.15) is 18.7 Å². The number of hydrogen-bond donors (Lipinski definition) is 1. The summed E-state index contributed by atoms with van der Waals surface area (Å²) < 4.78 is 5.74. The zero-order valence-corrected chi connectivity index (χ0v) is 12.5. The van der Waals surface area contributed by atoms with E-state index >= 15 is 0 Å². The molecule has 2 amide bonds. The van der Waals surface area contributed by atoms with Crippen molar-refractivity contribution in [3.05, 3.63) is 21.3 Å². The number of urea groups is 1. The van der Waals surface area contributed by atoms with Crippen LogP contribution in [0.3, 0.4) is 0 Å². The fourth-order valence-corrected chi connectivity index (χ4v) is 2.65. The maximum absolute atomic E-state index is 12.0. The maximum Gasteiger partial charge on any atom is 0.318 e. The first kappa shape index (κ1) is 15.3. The van der Waals surface area contributed by atoms with Gasteiger partial charge in [-0.15, -0.1) is 11.3 Å². The lowest BCUT2D eigenvalue weighted by Crippen LogP contribution is -2.44. The van der Waals surface area contributed by atoms with Crippen molar-refractivity contribution in [1.29, 1.82) is 0 Å². The maximum atomic E-state index is 12.0. The molecule has 0 saturated heterocycles. The molecule has 4 nitrogen and oxygen atoms in total. The van der Waals surface area contributed by atoms with E-state index < -0.39 is 0 Å². The Balaban J connectivity index is 2.52. The topological polar surface area (TPSA) is 41.6 Å². The van der Waals surface area contributed by atoms with Crippen LogP contribution in [0.5, 0.6) is 0 Å². The molecule has 6 heteroatoms. The number of nitrogens with one attached hydrogen (secondary N) is 1. The molecule has 1 aromatic rings. The molecule has 102 valence electrons. The molecule has 0 aliphatic heterocycles. The molecule has 0 aliphatic rings. The van der Waals surface area contributed by atoms with Gasteiger partial charge in [0, 0.05) is 18.5 Å². The molecule has 0 aromatic carbocycles. The van der Waals surface area contributed by atoms with Gasteiger partial charge in [0.2, 0.25) is 0 Å². The molecule has 1 atom stereocenters. The van der Waals surface area contributed by atoms with Crippen molar-refractivity contribution >= 4 is 29.0 Å². The summed E-state index contributed by atoms with van der Waals surface area (Å²) in [5.41, 5.74) is 0. The molecule has 1 rings (SSSR count). The second kappa shape index (κ2) is 7.61. The van der Waals surface area contributed by atoms with E-state index in [1.165, 1.54) is 11.3 Å². The molecule has 0 radical (unpaired) electrons. The summed E-state index contributed by atoms with van der Waals surface area (Å²) in [6, 6.07) is 3.72. The minimum atomic E-state index is -0.0772. The molecule has 1 heterocycles. The summed E-state index contributed by atoms with van der Waals surface area (Å²) in [5.74, 6) is 0. The molecule has 0 saturated carbocycles. The van der Waals surface area contributed by atoms with E-state index in [0.717, 1.165) is 9.21 Å². The lowest BCUT2D eigenvalue weighted by Gasteiger charge is -2.23. The van der Waals surface area contributed by atoms with Crippen LogP contribution in [-0.2, 0) is 11.3 Å². The quantitative estimate of drug-likeness (QED) is 0.875. The second-order valence-electron chi connectivity index (χ2n) is 4.03. The van der Waals surface area contributed by atoms with Crippen LogP contribution < -0.4 is 5.32 Å². The summed E-state index contributed by atoms with van der Waals surface area (Å²) in [6.07, 6.45) is 0. The number of hydrogen-bond acceptors (Lipinski definition) is 3. The molecular formula is C12H19ClN2O2S. The Morgan fingerprint density at radius 3 is 2.83 bits per heavy atom. The monoisotopic (exact) mass is 290 g/mol. The van der Waals surface area contributed by atoms with Crippen LogP contribution >= 0.6 is 22.9 Å². The molecular weight excluding hydrogens is 272 g/mol. The summed E-state index contributed by atoms with van der Waals surface area (Å²) in [5, 5.41) is 2.89. The van der Waals surface area contributed by atoms with E-state index in [1.54, 1.807) is 12.0 Å². The third-order valence-corrected chi connectivity index (χ3v) is 3.65. The Hall–Kier alpha value is -0.780. The van der Waals surface area contributed by atoms with Crippen LogP contribution in [-0.4, -0.2) is 37.2 Å². The average molecular weight is 291 g/mol. The standard InChI is InChI=1S/C12H19ClN2O2S/c1-4-15(7-10-5-6-11(13)18-10)12(16)14-9(2)8-17-3/h5-6,9H,4,7-8H2,1-3H3,(H,14,16). The largest absolute Gasteiger partial charge is 0.383 e. The van der Waals surface area contributed by atoms with E-state index in [-0.39, 0.29) is 12.1 Å². The molecule has 1 aromatic heterocycles. The minimum absolute atomic E-state index is 0.00322. The van der Waals surface area contributed by atoms with Crippen molar-refractivity contribution in [3.63, 3.8) is 0 Å². The molecule has 1 N–H and O–H groups in total. The summed E-state index contributed by atoms with van der Waals surface area (Å²) in [6.45, 7) is 5.61. The highest BCUT2D eigenvalue weighted by molar-refractivity contribution is 7.16. The number of methoxy groups -OCH3 is 1. The zero-order chi connectivity index (χ0) is 13.5. The Morgan fingerprint density at radius 1 is 1.61 bits per heavy atom. The first-order valence-electron chi connectivity index (χ1n) is 5.85. The smallest absolute Gasteiger partial charge is 0.318 e. The van der Waals surface area contributed by atoms with E-state index in [4.69, 9.17) is 16.3 Å². The first-order valence-corrected chi connectivity index (χ1v) is 7.04. The van der Waals surface area contributed by atoms with E-state index in [0.29, 0.717) is 19.7 Å². The van der Waals surface area contributed by atoms with E-state index in [2.05, 4.69) is 5.32 Å². The summed E-state index contributed by atoms with van der Waals surface area (Å²) in [7, 11) is 1.62. The highest BCUT2D eigenvalue weighted by Gasteiger charge is 2.15. The summed E-state index contributed by atoms with van der Waals surface area (Å²) >= 11 is 7.37. The van der Waals surface area contributed by atoms with Crippen LogP contribution in [0.4, 0.5) is 4.79 Å². The highest BCUT2D eigenvalue weighted by Crippen LogP contribution is 2.22. The third kappa shape index (κ3) is 4.84. The van der Waals surface area contributed by atoms with Crippen molar-refractivity contribution in [2.24, 2.45) is 0 Å². The third-order valence-electron chi connectivity index (χ3n) is 2.43. The van der Waals surface area contributed by atoms with Gasteiger partial charge in [-0.2, -0.15) is 0 Å². The van der Waals surface area contributed by atoms with Gasteiger partial charge >= 0.3 is 6.03 Å². The van der Waals surface area contributed by atoms with Gasteiger partial charge in [0.15, 0.2) is 0 Å². The van der Waals surface area contributed by atoms with Crippen molar-refractivity contribution in [3.8, 4) is 0 Å². The number of ether oxygens (including phenoxy) is 1. The number of carbonyl (C=O) groups excluding carboxylic acids is 1. The number of nitrogens with zero attached hydrogens (tertiary/aromatic N) is 1. The van der Waals surface area contributed by atoms with Gasteiger partial charge in [-0.05, 0) is 26.0 Å². The van der Waals surface area contributed by atoms with Crippen LogP contribution in [0.15, 0.2) is 12.1 Å². The number of carbonyl (C=O) groups is 1. The molecule has 0 bridgehead atoms. The van der Waals surface area contributed by atoms with E-state index in [9.17, 15) is 4.79 Å². The fourth-order valence-electron chi connectivity index (χ4n) is 1.55. The van der Waals surface area contributed by atoms with Crippen molar-refractivity contribution in [1.82, 2.24) is 10.2 Å². The Kier molecular flexibility index (Phi) is 6.46. The van der Waals surface area contributed by atoms with Gasteiger partial charge in [-0.1, -0.05) is 11.6 Å². The lowest BCUT2D eigenvalue weighted by atomic mass is 10.3. The molecule has 0 spiro atoms. The minimum Gasteiger partial charge on any atom is -0.383 e. The van der Waals surface area contributed by atoms with Crippen LogP contribution in [0.25, 0.3) is 0 Å². The average Bonchev–Trinajstić information content (AvgIpc) is 2.71. The highest BCUT2D eigenvalue weighted by atomic mass is 35.5. The zero-order valence-electron chi connectivity index (χ0n) is 10.9. The number of thiophene rings is 1. The second-order valence-corrected chi connectivity index (χ2v) is 5.83. The number of amides is 2. The van der Waals surface area contributed by atoms with Crippen molar-refractivity contribution in [2.75, 3.05) is 20.3 Å². The lowest BCUT2D eigenvalue weighted by molar-refractivity contribution is 0.159. The Bertz CT molecular complexity index is 384. The number of halogens is 1. The first-order chi connectivity index (χ1) is 8.56. The molecule has 0 aliphatic carbocycles. The molecule has 0 fully saturated rings. The van der Waals surface area contributed by atoms with Gasteiger partial charge in [-0.25, -0.2) is 4.79 Å². The van der Waals surface area contributed by atoms with Gasteiger partial charge in [0.05, 0.1) is 23.5 Å². The molecule has 18 heavy (non-hydrogen) atoms. The molecule has 1 unspecified atom stereocenters. The van der Waals surface area contributed by atoms with Gasteiger partial charge in [-0.3, -0.25) is 0 Å².